The van der Waals surface area contributed by atoms with Crippen molar-refractivity contribution in [2.24, 2.45) is 5.92 Å². The Bertz CT molecular complexity index is 1840. The molecule has 51 heavy (non-hydrogen) atoms. The SMILES string of the molecule is O=C(NCc1cccc(C(=O)NCCO)c1)C1=C[C@H]2OC3(Cc4ccccc4C3)O[C@H]2[C@H](OC(=O)c2ccc(C=CC3CCC4OC4C3)cc2)C1. The van der Waals surface area contributed by atoms with Crippen molar-refractivity contribution in [2.45, 2.75) is 81.4 Å². The average molecular weight is 691 g/mol. The molecule has 264 valence electrons. The van der Waals surface area contributed by atoms with Crippen molar-refractivity contribution in [1.29, 1.82) is 0 Å². The molecule has 10 nitrogen and oxygen atoms in total. The molecule has 0 aromatic heterocycles. The molecule has 2 amide bonds. The van der Waals surface area contributed by atoms with Crippen LogP contribution in [0, 0.1) is 5.92 Å². The van der Waals surface area contributed by atoms with Crippen LogP contribution in [0.1, 0.15) is 68.7 Å². The first-order chi connectivity index (χ1) is 24.8. The van der Waals surface area contributed by atoms with Crippen LogP contribution in [0.4, 0.5) is 0 Å². The highest BCUT2D eigenvalue weighted by molar-refractivity contribution is 5.95. The summed E-state index contributed by atoms with van der Waals surface area (Å²) in [5.41, 5.74) is 5.35. The number of rotatable bonds is 10. The van der Waals surface area contributed by atoms with E-state index in [1.807, 2.05) is 30.3 Å². The molecule has 3 N–H and O–H groups in total. The molecular weight excluding hydrogens is 648 g/mol. The second-order valence-electron chi connectivity index (χ2n) is 14.2. The second-order valence-corrected chi connectivity index (χ2v) is 14.2. The number of amides is 2. The summed E-state index contributed by atoms with van der Waals surface area (Å²) >= 11 is 0. The Morgan fingerprint density at radius 3 is 2.45 bits per heavy atom. The summed E-state index contributed by atoms with van der Waals surface area (Å²) in [5, 5.41) is 14.6. The Morgan fingerprint density at radius 2 is 1.69 bits per heavy atom. The number of carbonyl (C=O) groups excluding carboxylic acids is 3. The summed E-state index contributed by atoms with van der Waals surface area (Å²) in [7, 11) is 0. The number of epoxide rings is 1. The number of aliphatic hydroxyl groups is 1. The molecule has 3 aromatic rings. The van der Waals surface area contributed by atoms with E-state index >= 15 is 0 Å². The molecule has 2 aliphatic heterocycles. The molecule has 3 aromatic carbocycles. The molecule has 2 heterocycles. The summed E-state index contributed by atoms with van der Waals surface area (Å²) in [6, 6.07) is 22.5. The number of nitrogens with one attached hydrogen (secondary N) is 2. The summed E-state index contributed by atoms with van der Waals surface area (Å²) in [6.07, 6.45) is 9.74. The van der Waals surface area contributed by atoms with Crippen LogP contribution in [0.25, 0.3) is 6.08 Å². The zero-order valence-corrected chi connectivity index (χ0v) is 28.3. The fourth-order valence-corrected chi connectivity index (χ4v) is 7.85. The van der Waals surface area contributed by atoms with Crippen LogP contribution in [0.2, 0.25) is 0 Å². The fourth-order valence-electron chi connectivity index (χ4n) is 7.85. The molecule has 3 unspecified atom stereocenters. The van der Waals surface area contributed by atoms with Gasteiger partial charge in [0.25, 0.3) is 5.91 Å². The maximum absolute atomic E-state index is 13.6. The average Bonchev–Trinajstić information content (AvgIpc) is 3.71. The first-order valence-corrected chi connectivity index (χ1v) is 17.9. The molecule has 0 radical (unpaired) electrons. The first-order valence-electron chi connectivity index (χ1n) is 17.9. The number of carbonyl (C=O) groups is 3. The Morgan fingerprint density at radius 1 is 0.882 bits per heavy atom. The second kappa shape index (κ2) is 14.2. The molecule has 1 saturated carbocycles. The van der Waals surface area contributed by atoms with E-state index in [9.17, 15) is 14.4 Å². The number of benzene rings is 3. The molecule has 10 heteroatoms. The van der Waals surface area contributed by atoms with Crippen molar-refractivity contribution in [2.75, 3.05) is 13.2 Å². The van der Waals surface area contributed by atoms with Gasteiger partial charge in [0.1, 0.15) is 18.3 Å². The van der Waals surface area contributed by atoms with Gasteiger partial charge in [-0.2, -0.15) is 0 Å². The summed E-state index contributed by atoms with van der Waals surface area (Å²) in [4.78, 5) is 39.6. The number of ether oxygens (including phenoxy) is 4. The van der Waals surface area contributed by atoms with Crippen molar-refractivity contribution in [3.8, 4) is 0 Å². The van der Waals surface area contributed by atoms with E-state index in [-0.39, 0.29) is 37.9 Å². The van der Waals surface area contributed by atoms with Gasteiger partial charge in [0, 0.05) is 43.5 Å². The van der Waals surface area contributed by atoms with Gasteiger partial charge in [-0.1, -0.05) is 60.7 Å². The van der Waals surface area contributed by atoms with Crippen molar-refractivity contribution in [1.82, 2.24) is 10.6 Å². The van der Waals surface area contributed by atoms with Crippen molar-refractivity contribution < 1.29 is 38.4 Å². The fraction of sp³-hybridized carbons (Fsp3) is 0.390. The summed E-state index contributed by atoms with van der Waals surface area (Å²) in [6.45, 7) is 0.184. The molecule has 3 aliphatic carbocycles. The Hall–Kier alpha value is -4.61. The lowest BCUT2D eigenvalue weighted by Crippen LogP contribution is -2.43. The first kappa shape index (κ1) is 33.5. The standard InChI is InChI=1S/C41H42N2O8/c44-17-16-42-38(45)29-7-3-4-27(18-29)24-43-39(46)32-20-35(37-36(21-32)50-41(51-37)22-30-5-1-2-6-31(30)23-41)49-40(47)28-13-10-25(11-14-28)8-9-26-12-15-33-34(19-26)48-33/h1-11,13-14,18,21,26,33-37,44H,12,15-17,19-20,22-24H2,(H,42,45)(H,43,46)/t26?,33?,34?,35-,36-,37+/m1/s1. The third-order valence-electron chi connectivity index (χ3n) is 10.6. The molecule has 5 aliphatic rings. The van der Waals surface area contributed by atoms with Gasteiger partial charge >= 0.3 is 5.97 Å². The van der Waals surface area contributed by atoms with E-state index in [0.717, 1.165) is 41.5 Å². The lowest BCUT2D eigenvalue weighted by molar-refractivity contribution is -0.172. The topological polar surface area (TPSA) is 136 Å². The third kappa shape index (κ3) is 7.41. The van der Waals surface area contributed by atoms with Gasteiger partial charge in [0.2, 0.25) is 5.91 Å². The normalized spacial score (nSPS) is 26.9. The minimum atomic E-state index is -0.901. The number of fused-ring (bicyclic) bond motifs is 3. The van der Waals surface area contributed by atoms with Crippen LogP contribution in [0.3, 0.4) is 0 Å². The minimum Gasteiger partial charge on any atom is -0.456 e. The minimum absolute atomic E-state index is 0.154. The van der Waals surface area contributed by atoms with Crippen LogP contribution in [-0.2, 0) is 43.1 Å². The third-order valence-corrected chi connectivity index (χ3v) is 10.6. The molecule has 2 saturated heterocycles. The maximum Gasteiger partial charge on any atom is 0.338 e. The van der Waals surface area contributed by atoms with E-state index in [2.05, 4.69) is 34.9 Å². The molecule has 0 bridgehead atoms. The van der Waals surface area contributed by atoms with Gasteiger partial charge in [0.05, 0.1) is 24.4 Å². The van der Waals surface area contributed by atoms with Crippen LogP contribution in [0.15, 0.2) is 90.5 Å². The lowest BCUT2D eigenvalue weighted by atomic mass is 9.89. The number of esters is 1. The molecule has 1 spiro atoms. The van der Waals surface area contributed by atoms with Crippen molar-refractivity contribution in [3.63, 3.8) is 0 Å². The van der Waals surface area contributed by atoms with Crippen LogP contribution >= 0.6 is 0 Å². The van der Waals surface area contributed by atoms with Crippen molar-refractivity contribution in [3.05, 3.63) is 124 Å². The van der Waals surface area contributed by atoms with Gasteiger partial charge in [-0.25, -0.2) is 4.79 Å². The Labute approximate surface area is 296 Å². The largest absolute Gasteiger partial charge is 0.456 e. The monoisotopic (exact) mass is 690 g/mol. The number of aliphatic hydroxyl groups excluding tert-OH is 1. The quantitative estimate of drug-likeness (QED) is 0.210. The zero-order valence-electron chi connectivity index (χ0n) is 28.3. The van der Waals surface area contributed by atoms with Gasteiger partial charge in [-0.05, 0) is 77.8 Å². The Kier molecular flexibility index (Phi) is 9.33. The zero-order chi connectivity index (χ0) is 35.0. The van der Waals surface area contributed by atoms with Crippen LogP contribution in [0.5, 0.6) is 0 Å². The number of allylic oxidation sites excluding steroid dienone is 1. The van der Waals surface area contributed by atoms with Gasteiger partial charge in [-0.3, -0.25) is 9.59 Å². The van der Waals surface area contributed by atoms with Gasteiger partial charge in [0.15, 0.2) is 5.79 Å². The smallest absolute Gasteiger partial charge is 0.338 e. The highest BCUT2D eigenvalue weighted by Crippen LogP contribution is 2.45. The Balaban J connectivity index is 0.957. The predicted molar refractivity (Wildman–Crippen MR) is 187 cm³/mol. The predicted octanol–water partition coefficient (Wildman–Crippen LogP) is 4.44. The summed E-state index contributed by atoms with van der Waals surface area (Å²) < 4.78 is 25.0. The molecule has 3 fully saturated rings. The van der Waals surface area contributed by atoms with Crippen LogP contribution in [-0.4, -0.2) is 72.3 Å². The molecule has 8 rings (SSSR count). The highest BCUT2D eigenvalue weighted by atomic mass is 16.8. The van der Waals surface area contributed by atoms with Crippen LogP contribution < -0.4 is 10.6 Å². The van der Waals surface area contributed by atoms with E-state index in [1.165, 1.54) is 0 Å². The van der Waals surface area contributed by atoms with Crippen molar-refractivity contribution >= 4 is 23.9 Å². The maximum atomic E-state index is 13.6. The van der Waals surface area contributed by atoms with E-state index < -0.39 is 30.1 Å². The number of hydrogen-bond acceptors (Lipinski definition) is 8. The van der Waals surface area contributed by atoms with E-state index in [4.69, 9.17) is 24.1 Å². The number of hydrogen-bond donors (Lipinski definition) is 3. The molecular formula is C41H42N2O8. The van der Waals surface area contributed by atoms with E-state index in [0.29, 0.717) is 47.7 Å². The lowest BCUT2D eigenvalue weighted by Gasteiger charge is -2.30. The van der Waals surface area contributed by atoms with E-state index in [1.54, 1.807) is 36.4 Å². The van der Waals surface area contributed by atoms with Gasteiger partial charge < -0.3 is 34.7 Å². The van der Waals surface area contributed by atoms with Gasteiger partial charge in [-0.15, -0.1) is 0 Å². The summed E-state index contributed by atoms with van der Waals surface area (Å²) in [5.74, 6) is -1.50. The highest BCUT2D eigenvalue weighted by Gasteiger charge is 2.55. The molecule has 6 atom stereocenters.